The van der Waals surface area contributed by atoms with Crippen LogP contribution in [0.4, 0.5) is 11.4 Å². The molecule has 0 saturated heterocycles. The molecule has 1 aliphatic heterocycles. The Kier molecular flexibility index (Phi) is 3.62. The number of anilines is 2. The lowest BCUT2D eigenvalue weighted by Crippen LogP contribution is -2.27. The van der Waals surface area contributed by atoms with E-state index in [9.17, 15) is 9.59 Å². The molecule has 2 N–H and O–H groups in total. The van der Waals surface area contributed by atoms with E-state index >= 15 is 0 Å². The number of carbonyl (C=O) groups excluding carboxylic acids is 2. The quantitative estimate of drug-likeness (QED) is 0.878. The summed E-state index contributed by atoms with van der Waals surface area (Å²) in [5.74, 6) is -0.0948. The van der Waals surface area contributed by atoms with Crippen LogP contribution in [0.15, 0.2) is 46.9 Å². The Bertz CT molecular complexity index is 731. The molecule has 2 amide bonds. The number of ether oxygens (including phenoxy) is 1. The smallest absolute Gasteiger partial charge is 0.262 e. The van der Waals surface area contributed by atoms with Crippen molar-refractivity contribution in [1.82, 2.24) is 0 Å². The summed E-state index contributed by atoms with van der Waals surface area (Å²) in [5, 5.41) is 5.47. The molecule has 1 heterocycles. The van der Waals surface area contributed by atoms with Crippen LogP contribution in [0.3, 0.4) is 0 Å². The van der Waals surface area contributed by atoms with Crippen LogP contribution in [0.1, 0.15) is 10.4 Å². The third-order valence-corrected chi connectivity index (χ3v) is 3.71. The SMILES string of the molecule is O=C1COc2cccc(C(=O)Nc3ccccc3Br)c2N1. The molecule has 0 fully saturated rings. The molecule has 21 heavy (non-hydrogen) atoms. The molecule has 0 radical (unpaired) electrons. The van der Waals surface area contributed by atoms with Crippen LogP contribution in [0.2, 0.25) is 0 Å². The van der Waals surface area contributed by atoms with Crippen molar-refractivity contribution in [3.8, 4) is 5.75 Å². The molecule has 6 heteroatoms. The first-order chi connectivity index (χ1) is 10.1. The molecule has 0 aromatic heterocycles. The first-order valence-electron chi connectivity index (χ1n) is 6.26. The second-order valence-corrected chi connectivity index (χ2v) is 5.30. The van der Waals surface area contributed by atoms with Crippen molar-refractivity contribution in [3.63, 3.8) is 0 Å². The van der Waals surface area contributed by atoms with Crippen molar-refractivity contribution < 1.29 is 14.3 Å². The van der Waals surface area contributed by atoms with Crippen molar-refractivity contribution in [2.45, 2.75) is 0 Å². The van der Waals surface area contributed by atoms with Gasteiger partial charge >= 0.3 is 0 Å². The molecule has 2 aromatic rings. The van der Waals surface area contributed by atoms with Crippen molar-refractivity contribution in [2.75, 3.05) is 17.2 Å². The molecule has 1 aliphatic rings. The second kappa shape index (κ2) is 5.57. The Balaban J connectivity index is 1.92. The van der Waals surface area contributed by atoms with Crippen LogP contribution in [-0.2, 0) is 4.79 Å². The highest BCUT2D eigenvalue weighted by atomic mass is 79.9. The minimum atomic E-state index is -0.315. The fourth-order valence-corrected chi connectivity index (χ4v) is 2.42. The maximum Gasteiger partial charge on any atom is 0.262 e. The van der Waals surface area contributed by atoms with E-state index in [2.05, 4.69) is 26.6 Å². The number of carbonyl (C=O) groups is 2. The van der Waals surface area contributed by atoms with E-state index in [1.54, 1.807) is 24.3 Å². The average molecular weight is 347 g/mol. The molecule has 0 atom stereocenters. The van der Waals surface area contributed by atoms with Crippen molar-refractivity contribution >= 4 is 39.1 Å². The predicted molar refractivity (Wildman–Crippen MR) is 82.7 cm³/mol. The maximum atomic E-state index is 12.4. The highest BCUT2D eigenvalue weighted by Crippen LogP contribution is 2.32. The molecular formula is C15H11BrN2O3. The zero-order chi connectivity index (χ0) is 14.8. The lowest BCUT2D eigenvalue weighted by atomic mass is 10.1. The Morgan fingerprint density at radius 2 is 2.00 bits per heavy atom. The van der Waals surface area contributed by atoms with Crippen LogP contribution in [-0.4, -0.2) is 18.4 Å². The molecule has 0 aliphatic carbocycles. The Hall–Kier alpha value is -2.34. The number of rotatable bonds is 2. The zero-order valence-electron chi connectivity index (χ0n) is 10.9. The Labute approximate surface area is 129 Å². The summed E-state index contributed by atoms with van der Waals surface area (Å²) in [6, 6.07) is 12.4. The topological polar surface area (TPSA) is 67.4 Å². The van der Waals surface area contributed by atoms with Gasteiger partial charge in [-0.05, 0) is 40.2 Å². The normalized spacial score (nSPS) is 12.9. The number of hydrogen-bond acceptors (Lipinski definition) is 3. The molecule has 0 unspecified atom stereocenters. The number of para-hydroxylation sites is 2. The van der Waals surface area contributed by atoms with Gasteiger partial charge in [0.25, 0.3) is 11.8 Å². The maximum absolute atomic E-state index is 12.4. The van der Waals surface area contributed by atoms with E-state index < -0.39 is 0 Å². The number of benzene rings is 2. The standard InChI is InChI=1S/C15H11BrN2O3/c16-10-5-1-2-6-11(10)17-15(20)9-4-3-7-12-14(9)18-13(19)8-21-12/h1-7H,8H2,(H,17,20)(H,18,19). The van der Waals surface area contributed by atoms with Gasteiger partial charge < -0.3 is 15.4 Å². The number of halogens is 1. The number of amides is 2. The zero-order valence-corrected chi connectivity index (χ0v) is 12.4. The summed E-state index contributed by atoms with van der Waals surface area (Å²) in [7, 11) is 0. The Morgan fingerprint density at radius 3 is 2.81 bits per heavy atom. The van der Waals surface area contributed by atoms with Crippen molar-refractivity contribution in [2.24, 2.45) is 0 Å². The van der Waals surface area contributed by atoms with Crippen LogP contribution in [0, 0.1) is 0 Å². The fraction of sp³-hybridized carbons (Fsp3) is 0.0667. The van der Waals surface area contributed by atoms with Gasteiger partial charge in [0.05, 0.1) is 16.9 Å². The van der Waals surface area contributed by atoms with Gasteiger partial charge in [-0.15, -0.1) is 0 Å². The van der Waals surface area contributed by atoms with Crippen LogP contribution >= 0.6 is 15.9 Å². The van der Waals surface area contributed by atoms with Gasteiger partial charge in [-0.3, -0.25) is 9.59 Å². The first kappa shape index (κ1) is 13.6. The monoisotopic (exact) mass is 346 g/mol. The van der Waals surface area contributed by atoms with Gasteiger partial charge in [-0.1, -0.05) is 18.2 Å². The summed E-state index contributed by atoms with van der Waals surface area (Å²) in [4.78, 5) is 23.8. The lowest BCUT2D eigenvalue weighted by Gasteiger charge is -2.20. The van der Waals surface area contributed by atoms with Crippen molar-refractivity contribution in [3.05, 3.63) is 52.5 Å². The molecular weight excluding hydrogens is 336 g/mol. The lowest BCUT2D eigenvalue weighted by molar-refractivity contribution is -0.118. The molecule has 106 valence electrons. The highest BCUT2D eigenvalue weighted by Gasteiger charge is 2.22. The van der Waals surface area contributed by atoms with E-state index in [1.165, 1.54) is 0 Å². The van der Waals surface area contributed by atoms with E-state index in [0.717, 1.165) is 4.47 Å². The van der Waals surface area contributed by atoms with E-state index in [4.69, 9.17) is 4.74 Å². The van der Waals surface area contributed by atoms with E-state index in [0.29, 0.717) is 22.7 Å². The summed E-state index contributed by atoms with van der Waals surface area (Å²) < 4.78 is 6.08. The minimum absolute atomic E-state index is 0.0394. The summed E-state index contributed by atoms with van der Waals surface area (Å²) >= 11 is 3.37. The number of nitrogens with one attached hydrogen (secondary N) is 2. The summed E-state index contributed by atoms with van der Waals surface area (Å²) in [5.41, 5.74) is 1.41. The van der Waals surface area contributed by atoms with Crippen molar-refractivity contribution in [1.29, 1.82) is 0 Å². The van der Waals surface area contributed by atoms with Crippen LogP contribution in [0.25, 0.3) is 0 Å². The minimum Gasteiger partial charge on any atom is -0.482 e. The average Bonchev–Trinajstić information content (AvgIpc) is 2.49. The third-order valence-electron chi connectivity index (χ3n) is 3.02. The number of hydrogen-bond donors (Lipinski definition) is 2. The molecule has 0 saturated carbocycles. The Morgan fingerprint density at radius 1 is 1.19 bits per heavy atom. The van der Waals surface area contributed by atoms with Gasteiger partial charge in [0, 0.05) is 4.47 Å². The summed E-state index contributed by atoms with van der Waals surface area (Å²) in [6.45, 7) is -0.0394. The van der Waals surface area contributed by atoms with Gasteiger partial charge in [-0.2, -0.15) is 0 Å². The molecule has 5 nitrogen and oxygen atoms in total. The largest absolute Gasteiger partial charge is 0.482 e. The second-order valence-electron chi connectivity index (χ2n) is 4.45. The van der Waals surface area contributed by atoms with E-state index in [-0.39, 0.29) is 18.4 Å². The van der Waals surface area contributed by atoms with Crippen LogP contribution < -0.4 is 15.4 Å². The molecule has 3 rings (SSSR count). The van der Waals surface area contributed by atoms with Gasteiger partial charge in [-0.25, -0.2) is 0 Å². The van der Waals surface area contributed by atoms with Gasteiger partial charge in [0.2, 0.25) is 0 Å². The highest BCUT2D eigenvalue weighted by molar-refractivity contribution is 9.10. The van der Waals surface area contributed by atoms with Gasteiger partial charge in [0.15, 0.2) is 6.61 Å². The summed E-state index contributed by atoms with van der Waals surface area (Å²) in [6.07, 6.45) is 0. The van der Waals surface area contributed by atoms with Crippen LogP contribution in [0.5, 0.6) is 5.75 Å². The number of fused-ring (bicyclic) bond motifs is 1. The first-order valence-corrected chi connectivity index (χ1v) is 7.06. The third kappa shape index (κ3) is 2.75. The molecule has 0 spiro atoms. The molecule has 2 aromatic carbocycles. The van der Waals surface area contributed by atoms with Gasteiger partial charge in [0.1, 0.15) is 5.75 Å². The predicted octanol–water partition coefficient (Wildman–Crippen LogP) is 3.03. The fourth-order valence-electron chi connectivity index (χ4n) is 2.04. The molecule has 0 bridgehead atoms. The van der Waals surface area contributed by atoms with E-state index in [1.807, 2.05) is 18.2 Å².